The van der Waals surface area contributed by atoms with Crippen molar-refractivity contribution in [2.45, 2.75) is 19.9 Å². The van der Waals surface area contributed by atoms with Gasteiger partial charge >= 0.3 is 0 Å². The largest absolute Gasteiger partial charge is 0.313 e. The molecule has 28 heavy (non-hydrogen) atoms. The molecule has 1 aliphatic heterocycles. The van der Waals surface area contributed by atoms with Gasteiger partial charge in [0.05, 0.1) is 10.9 Å². The van der Waals surface area contributed by atoms with E-state index < -0.39 is 0 Å². The number of carbonyl (C=O) groups excluding carboxylic acids is 1. The molecule has 0 unspecified atom stereocenters. The lowest BCUT2D eigenvalue weighted by molar-refractivity contribution is 0.103. The fraction of sp³-hybridized carbons (Fsp3) is 0.381. The van der Waals surface area contributed by atoms with E-state index in [-0.39, 0.29) is 11.9 Å². The molecular weight excluding hydrogens is 406 g/mol. The quantitative estimate of drug-likeness (QED) is 0.612. The predicted octanol–water partition coefficient (Wildman–Crippen LogP) is 5.08. The number of nitrogens with one attached hydrogen (secondary N) is 1. The third-order valence-electron chi connectivity index (χ3n) is 5.44. The number of carbonyl (C=O) groups is 1. The van der Waals surface area contributed by atoms with Crippen LogP contribution in [-0.2, 0) is 0 Å². The average molecular weight is 432 g/mol. The van der Waals surface area contributed by atoms with Crippen LogP contribution in [0, 0.1) is 13.8 Å². The highest BCUT2D eigenvalue weighted by molar-refractivity contribution is 7.17. The highest BCUT2D eigenvalue weighted by Gasteiger charge is 2.31. The monoisotopic (exact) mass is 431 g/mol. The Kier molecular flexibility index (Phi) is 5.99. The second-order valence-electron chi connectivity index (χ2n) is 7.26. The van der Waals surface area contributed by atoms with Crippen molar-refractivity contribution in [3.8, 4) is 0 Å². The van der Waals surface area contributed by atoms with Gasteiger partial charge in [-0.1, -0.05) is 6.07 Å². The van der Waals surface area contributed by atoms with E-state index in [4.69, 9.17) is 0 Å². The minimum Gasteiger partial charge on any atom is -0.313 e. The van der Waals surface area contributed by atoms with Gasteiger partial charge in [0.25, 0.3) is 5.91 Å². The summed E-state index contributed by atoms with van der Waals surface area (Å²) in [4.78, 5) is 19.7. The van der Waals surface area contributed by atoms with Crippen LogP contribution in [-0.4, -0.2) is 48.9 Å². The number of nitrogens with zero attached hydrogens (tertiary/aromatic N) is 2. The summed E-state index contributed by atoms with van der Waals surface area (Å²) >= 11 is 4.91. The van der Waals surface area contributed by atoms with Crippen molar-refractivity contribution in [3.63, 3.8) is 0 Å². The minimum atomic E-state index is -0.0139. The van der Waals surface area contributed by atoms with E-state index in [0.29, 0.717) is 0 Å². The first kappa shape index (κ1) is 19.8. The minimum absolute atomic E-state index is 0.0139. The summed E-state index contributed by atoms with van der Waals surface area (Å²) in [6, 6.07) is 6.21. The second kappa shape index (κ2) is 8.47. The van der Waals surface area contributed by atoms with E-state index in [9.17, 15) is 4.79 Å². The molecule has 3 aromatic heterocycles. The van der Waals surface area contributed by atoms with Gasteiger partial charge in [-0.2, -0.15) is 11.3 Å². The number of likely N-dealkylation sites (N-methyl/N-ethyl adjacent to an activating group) is 1. The number of rotatable bonds is 5. The first-order valence-corrected chi connectivity index (χ1v) is 12.1. The first-order chi connectivity index (χ1) is 13.5. The Hall–Kier alpha value is -1.51. The van der Waals surface area contributed by atoms with Gasteiger partial charge in [0.1, 0.15) is 5.00 Å². The molecule has 4 rings (SSSR count). The summed E-state index contributed by atoms with van der Waals surface area (Å²) < 4.78 is 0. The molecule has 0 bridgehead atoms. The maximum Gasteiger partial charge on any atom is 0.266 e. The molecule has 1 fully saturated rings. The molecule has 1 atom stereocenters. The van der Waals surface area contributed by atoms with E-state index >= 15 is 0 Å². The smallest absolute Gasteiger partial charge is 0.266 e. The Balaban J connectivity index is 1.72. The third-order valence-corrected chi connectivity index (χ3v) is 8.15. The van der Waals surface area contributed by atoms with E-state index in [1.165, 1.54) is 32.9 Å². The SMILES string of the molecule is Cc1sc(NC(=O)c2cccs2)c([C@H](c2ccsc2)N2CCN(C)CC2)c1C. The fourth-order valence-corrected chi connectivity index (χ4v) is 6.10. The highest BCUT2D eigenvalue weighted by atomic mass is 32.1. The molecule has 7 heteroatoms. The van der Waals surface area contributed by atoms with Gasteiger partial charge in [-0.3, -0.25) is 9.69 Å². The molecule has 4 nitrogen and oxygen atoms in total. The second-order valence-corrected chi connectivity index (χ2v) is 10.2. The number of aryl methyl sites for hydroxylation is 1. The first-order valence-electron chi connectivity index (χ1n) is 9.44. The van der Waals surface area contributed by atoms with Crippen LogP contribution < -0.4 is 5.32 Å². The molecule has 0 aliphatic carbocycles. The maximum absolute atomic E-state index is 12.8. The van der Waals surface area contributed by atoms with E-state index in [1.807, 2.05) is 17.5 Å². The van der Waals surface area contributed by atoms with Crippen molar-refractivity contribution in [2.75, 3.05) is 38.5 Å². The molecule has 1 aliphatic rings. The van der Waals surface area contributed by atoms with E-state index in [1.54, 1.807) is 22.7 Å². The molecule has 1 amide bonds. The van der Waals surface area contributed by atoms with Gasteiger partial charge in [-0.25, -0.2) is 0 Å². The van der Waals surface area contributed by atoms with Crippen LogP contribution in [0.25, 0.3) is 0 Å². The van der Waals surface area contributed by atoms with Crippen molar-refractivity contribution >= 4 is 44.9 Å². The maximum atomic E-state index is 12.8. The van der Waals surface area contributed by atoms with Crippen LogP contribution in [0.15, 0.2) is 34.3 Å². The molecule has 4 heterocycles. The number of piperazine rings is 1. The van der Waals surface area contributed by atoms with Crippen LogP contribution in [0.3, 0.4) is 0 Å². The zero-order valence-electron chi connectivity index (χ0n) is 16.4. The fourth-order valence-electron chi connectivity index (χ4n) is 3.71. The molecule has 0 saturated carbocycles. The molecular formula is C21H25N3OS3. The van der Waals surface area contributed by atoms with Crippen molar-refractivity contribution in [1.82, 2.24) is 9.80 Å². The van der Waals surface area contributed by atoms with Crippen LogP contribution >= 0.6 is 34.0 Å². The summed E-state index contributed by atoms with van der Waals surface area (Å²) in [6.45, 7) is 8.54. The lowest BCUT2D eigenvalue weighted by atomic mass is 9.96. The Morgan fingerprint density at radius 3 is 2.57 bits per heavy atom. The van der Waals surface area contributed by atoms with Gasteiger partial charge in [0, 0.05) is 36.6 Å². The topological polar surface area (TPSA) is 35.6 Å². The number of thiophene rings is 3. The van der Waals surface area contributed by atoms with Crippen LogP contribution in [0.5, 0.6) is 0 Å². The van der Waals surface area contributed by atoms with Crippen LogP contribution in [0.4, 0.5) is 5.00 Å². The van der Waals surface area contributed by atoms with Crippen molar-refractivity contribution in [1.29, 1.82) is 0 Å². The van der Waals surface area contributed by atoms with Crippen LogP contribution in [0.2, 0.25) is 0 Å². The number of hydrogen-bond donors (Lipinski definition) is 1. The summed E-state index contributed by atoms with van der Waals surface area (Å²) in [5, 5.41) is 10.6. The summed E-state index contributed by atoms with van der Waals surface area (Å²) in [7, 11) is 2.18. The molecule has 0 aromatic carbocycles. The standard InChI is InChI=1S/C21H25N3OS3/c1-14-15(2)28-21(22-20(25)17-5-4-11-27-17)18(14)19(16-6-12-26-13-16)24-9-7-23(3)8-10-24/h4-6,11-13,19H,7-10H2,1-3H3,(H,22,25)/t19-/m0/s1. The molecule has 1 N–H and O–H groups in total. The van der Waals surface area contributed by atoms with Crippen molar-refractivity contribution in [3.05, 3.63) is 60.8 Å². The van der Waals surface area contributed by atoms with Crippen molar-refractivity contribution < 1.29 is 4.79 Å². The Labute approximate surface area is 178 Å². The predicted molar refractivity (Wildman–Crippen MR) is 121 cm³/mol. The normalized spacial score (nSPS) is 17.0. The Morgan fingerprint density at radius 2 is 1.93 bits per heavy atom. The summed E-state index contributed by atoms with van der Waals surface area (Å²) in [5.74, 6) is -0.0139. The van der Waals surface area contributed by atoms with E-state index in [2.05, 4.69) is 52.8 Å². The molecule has 0 radical (unpaired) electrons. The molecule has 0 spiro atoms. The Bertz CT molecular complexity index is 923. The van der Waals surface area contributed by atoms with Crippen LogP contribution in [0.1, 0.15) is 37.3 Å². The Morgan fingerprint density at radius 1 is 1.14 bits per heavy atom. The van der Waals surface area contributed by atoms with Gasteiger partial charge in [-0.05, 0) is 60.3 Å². The molecule has 148 valence electrons. The van der Waals surface area contributed by atoms with Gasteiger partial charge in [-0.15, -0.1) is 22.7 Å². The third kappa shape index (κ3) is 3.95. The summed E-state index contributed by atoms with van der Waals surface area (Å²) in [6.07, 6.45) is 0. The lowest BCUT2D eigenvalue weighted by Crippen LogP contribution is -2.46. The molecule has 1 saturated heterocycles. The average Bonchev–Trinajstić information content (AvgIpc) is 3.43. The number of hydrogen-bond acceptors (Lipinski definition) is 6. The highest BCUT2D eigenvalue weighted by Crippen LogP contribution is 2.43. The van der Waals surface area contributed by atoms with E-state index in [0.717, 1.165) is 36.1 Å². The lowest BCUT2D eigenvalue weighted by Gasteiger charge is -2.38. The number of anilines is 1. The van der Waals surface area contributed by atoms with Gasteiger partial charge < -0.3 is 10.2 Å². The molecule has 3 aromatic rings. The number of amides is 1. The summed E-state index contributed by atoms with van der Waals surface area (Å²) in [5.41, 5.74) is 3.87. The van der Waals surface area contributed by atoms with Gasteiger partial charge in [0.15, 0.2) is 0 Å². The zero-order valence-corrected chi connectivity index (χ0v) is 18.8. The zero-order chi connectivity index (χ0) is 19.7. The van der Waals surface area contributed by atoms with Gasteiger partial charge in [0.2, 0.25) is 0 Å². The van der Waals surface area contributed by atoms with Crippen molar-refractivity contribution in [2.24, 2.45) is 0 Å².